The Labute approximate surface area is 148 Å². The van der Waals surface area contributed by atoms with E-state index in [0.717, 1.165) is 45.1 Å². The third kappa shape index (κ3) is 4.44. The standard InChI is InChI=1S/C19H26N2O4/c1-2-3-10-20-18(22)13-4-6-14(7-5-13)19(23)21-15-8-9-16-17(11-15)25-12-24-16/h8-9,11,13-14H,2-7,10,12H2,1H3,(H,20,22)(H,21,23). The summed E-state index contributed by atoms with van der Waals surface area (Å²) < 4.78 is 10.6. The summed E-state index contributed by atoms with van der Waals surface area (Å²) in [6.45, 7) is 3.08. The van der Waals surface area contributed by atoms with Gasteiger partial charge in [-0.3, -0.25) is 9.59 Å². The van der Waals surface area contributed by atoms with E-state index >= 15 is 0 Å². The molecule has 1 fully saturated rings. The molecule has 0 atom stereocenters. The van der Waals surface area contributed by atoms with E-state index in [1.165, 1.54) is 0 Å². The van der Waals surface area contributed by atoms with Gasteiger partial charge in [0.15, 0.2) is 11.5 Å². The van der Waals surface area contributed by atoms with Crippen LogP contribution < -0.4 is 20.1 Å². The molecule has 1 aliphatic heterocycles. The highest BCUT2D eigenvalue weighted by Crippen LogP contribution is 2.35. The summed E-state index contributed by atoms with van der Waals surface area (Å²) in [5.74, 6) is 1.53. The Hall–Kier alpha value is -2.24. The number of hydrogen-bond acceptors (Lipinski definition) is 4. The van der Waals surface area contributed by atoms with Crippen molar-refractivity contribution < 1.29 is 19.1 Å². The monoisotopic (exact) mass is 346 g/mol. The summed E-state index contributed by atoms with van der Waals surface area (Å²) in [4.78, 5) is 24.6. The van der Waals surface area contributed by atoms with Crippen LogP contribution in [0.2, 0.25) is 0 Å². The average Bonchev–Trinajstić information content (AvgIpc) is 3.09. The van der Waals surface area contributed by atoms with Gasteiger partial charge in [0, 0.05) is 30.1 Å². The summed E-state index contributed by atoms with van der Waals surface area (Å²) in [7, 11) is 0. The first-order chi connectivity index (χ1) is 12.2. The van der Waals surface area contributed by atoms with E-state index in [9.17, 15) is 9.59 Å². The van der Waals surface area contributed by atoms with Crippen LogP contribution in [0, 0.1) is 11.8 Å². The van der Waals surface area contributed by atoms with E-state index in [4.69, 9.17) is 9.47 Å². The van der Waals surface area contributed by atoms with Crippen molar-refractivity contribution in [2.24, 2.45) is 11.8 Å². The van der Waals surface area contributed by atoms with Gasteiger partial charge in [0.05, 0.1) is 0 Å². The highest BCUT2D eigenvalue weighted by Gasteiger charge is 2.30. The topological polar surface area (TPSA) is 76.7 Å². The van der Waals surface area contributed by atoms with E-state index in [2.05, 4.69) is 17.6 Å². The molecule has 25 heavy (non-hydrogen) atoms. The second kappa shape index (κ2) is 8.23. The van der Waals surface area contributed by atoms with Gasteiger partial charge < -0.3 is 20.1 Å². The molecule has 0 spiro atoms. The number of amides is 2. The van der Waals surface area contributed by atoms with Crippen LogP contribution in [-0.4, -0.2) is 25.2 Å². The third-order valence-corrected chi connectivity index (χ3v) is 4.94. The number of benzene rings is 1. The molecule has 0 bridgehead atoms. The van der Waals surface area contributed by atoms with E-state index in [-0.39, 0.29) is 30.4 Å². The summed E-state index contributed by atoms with van der Waals surface area (Å²) in [5.41, 5.74) is 0.716. The lowest BCUT2D eigenvalue weighted by Gasteiger charge is -2.27. The lowest BCUT2D eigenvalue weighted by Crippen LogP contribution is -2.35. The van der Waals surface area contributed by atoms with Crippen molar-refractivity contribution in [3.63, 3.8) is 0 Å². The molecule has 0 unspecified atom stereocenters. The zero-order valence-corrected chi connectivity index (χ0v) is 14.7. The van der Waals surface area contributed by atoms with Crippen LogP contribution in [0.1, 0.15) is 45.4 Å². The molecular formula is C19H26N2O4. The largest absolute Gasteiger partial charge is 0.454 e. The number of fused-ring (bicyclic) bond motifs is 1. The first-order valence-corrected chi connectivity index (χ1v) is 9.15. The second-order valence-electron chi connectivity index (χ2n) is 6.75. The summed E-state index contributed by atoms with van der Waals surface area (Å²) >= 11 is 0. The van der Waals surface area contributed by atoms with Crippen LogP contribution in [0.3, 0.4) is 0 Å². The Kier molecular flexibility index (Phi) is 5.79. The second-order valence-corrected chi connectivity index (χ2v) is 6.75. The highest BCUT2D eigenvalue weighted by molar-refractivity contribution is 5.93. The Balaban J connectivity index is 1.46. The molecule has 3 rings (SSSR count). The van der Waals surface area contributed by atoms with Gasteiger partial charge in [0.25, 0.3) is 0 Å². The Bertz CT molecular complexity index is 624. The fourth-order valence-corrected chi connectivity index (χ4v) is 3.37. The third-order valence-electron chi connectivity index (χ3n) is 4.94. The van der Waals surface area contributed by atoms with Crippen LogP contribution >= 0.6 is 0 Å². The van der Waals surface area contributed by atoms with Crippen LogP contribution in [0.5, 0.6) is 11.5 Å². The molecular weight excluding hydrogens is 320 g/mol. The zero-order chi connectivity index (χ0) is 17.6. The molecule has 0 radical (unpaired) electrons. The fraction of sp³-hybridized carbons (Fsp3) is 0.579. The molecule has 1 aromatic rings. The van der Waals surface area contributed by atoms with Crippen LogP contribution in [0.4, 0.5) is 5.69 Å². The highest BCUT2D eigenvalue weighted by atomic mass is 16.7. The van der Waals surface area contributed by atoms with Gasteiger partial charge in [0.2, 0.25) is 18.6 Å². The van der Waals surface area contributed by atoms with Crippen molar-refractivity contribution in [1.82, 2.24) is 5.32 Å². The maximum atomic E-state index is 12.5. The number of hydrogen-bond donors (Lipinski definition) is 2. The number of rotatable bonds is 6. The normalized spacial score (nSPS) is 21.6. The van der Waals surface area contributed by atoms with Crippen molar-refractivity contribution in [3.05, 3.63) is 18.2 Å². The maximum Gasteiger partial charge on any atom is 0.231 e. The number of anilines is 1. The molecule has 1 aromatic carbocycles. The van der Waals surface area contributed by atoms with Gasteiger partial charge in [-0.2, -0.15) is 0 Å². The summed E-state index contributed by atoms with van der Waals surface area (Å²) in [6, 6.07) is 5.40. The van der Waals surface area contributed by atoms with Gasteiger partial charge in [-0.05, 0) is 44.2 Å². The van der Waals surface area contributed by atoms with Gasteiger partial charge in [0.1, 0.15) is 0 Å². The minimum atomic E-state index is -0.0369. The molecule has 2 amide bonds. The smallest absolute Gasteiger partial charge is 0.231 e. The first kappa shape index (κ1) is 17.6. The molecule has 2 aliphatic rings. The minimum absolute atomic E-state index is 0.0173. The quantitative estimate of drug-likeness (QED) is 0.776. The van der Waals surface area contributed by atoms with E-state index in [1.807, 2.05) is 6.07 Å². The summed E-state index contributed by atoms with van der Waals surface area (Å²) in [6.07, 6.45) is 5.14. The lowest BCUT2D eigenvalue weighted by molar-refractivity contribution is -0.128. The predicted molar refractivity (Wildman–Crippen MR) is 94.6 cm³/mol. The van der Waals surface area contributed by atoms with Gasteiger partial charge in [-0.1, -0.05) is 13.3 Å². The van der Waals surface area contributed by atoms with Crippen molar-refractivity contribution in [1.29, 1.82) is 0 Å². The Morgan fingerprint density at radius 3 is 2.44 bits per heavy atom. The number of ether oxygens (including phenoxy) is 2. The van der Waals surface area contributed by atoms with E-state index in [0.29, 0.717) is 17.2 Å². The molecule has 1 aliphatic carbocycles. The molecule has 6 nitrogen and oxygen atoms in total. The molecule has 0 saturated heterocycles. The molecule has 0 aromatic heterocycles. The van der Waals surface area contributed by atoms with Crippen LogP contribution in [0.25, 0.3) is 0 Å². The van der Waals surface area contributed by atoms with Crippen LogP contribution in [-0.2, 0) is 9.59 Å². The molecule has 6 heteroatoms. The molecule has 1 saturated carbocycles. The van der Waals surface area contributed by atoms with E-state index < -0.39 is 0 Å². The Morgan fingerprint density at radius 1 is 1.04 bits per heavy atom. The van der Waals surface area contributed by atoms with Crippen molar-refractivity contribution in [3.8, 4) is 11.5 Å². The zero-order valence-electron chi connectivity index (χ0n) is 14.7. The maximum absolute atomic E-state index is 12.5. The minimum Gasteiger partial charge on any atom is -0.454 e. The Morgan fingerprint density at radius 2 is 1.72 bits per heavy atom. The fourth-order valence-electron chi connectivity index (χ4n) is 3.37. The van der Waals surface area contributed by atoms with Gasteiger partial charge >= 0.3 is 0 Å². The van der Waals surface area contributed by atoms with Crippen molar-refractivity contribution in [2.75, 3.05) is 18.7 Å². The lowest BCUT2D eigenvalue weighted by atomic mass is 9.81. The SMILES string of the molecule is CCCCNC(=O)C1CCC(C(=O)Nc2ccc3c(c2)OCO3)CC1. The predicted octanol–water partition coefficient (Wildman–Crippen LogP) is 3.08. The summed E-state index contributed by atoms with van der Waals surface area (Å²) in [5, 5.41) is 5.95. The number of nitrogens with one attached hydrogen (secondary N) is 2. The van der Waals surface area contributed by atoms with Crippen LogP contribution in [0.15, 0.2) is 18.2 Å². The van der Waals surface area contributed by atoms with Crippen molar-refractivity contribution in [2.45, 2.75) is 45.4 Å². The number of unbranched alkanes of at least 4 members (excludes halogenated alkanes) is 1. The van der Waals surface area contributed by atoms with Gasteiger partial charge in [-0.25, -0.2) is 0 Å². The molecule has 136 valence electrons. The number of carbonyl (C=O) groups excluding carboxylic acids is 2. The van der Waals surface area contributed by atoms with Gasteiger partial charge in [-0.15, -0.1) is 0 Å². The molecule has 2 N–H and O–H groups in total. The molecule has 1 heterocycles. The average molecular weight is 346 g/mol. The van der Waals surface area contributed by atoms with E-state index in [1.54, 1.807) is 12.1 Å². The van der Waals surface area contributed by atoms with Crippen molar-refractivity contribution >= 4 is 17.5 Å². The first-order valence-electron chi connectivity index (χ1n) is 9.15. The number of carbonyl (C=O) groups is 2.